The standard InChI is InChI=1S/C13H19NO/c1-11-5-4-6-12(9-11)14-10-13(15)7-2-3-8-13/h4-6,9,14-15H,2-3,7-8,10H2,1H3. The van der Waals surface area contributed by atoms with Gasteiger partial charge in [0.1, 0.15) is 0 Å². The number of hydrogen-bond acceptors (Lipinski definition) is 2. The van der Waals surface area contributed by atoms with E-state index in [1.54, 1.807) is 0 Å². The van der Waals surface area contributed by atoms with E-state index in [-0.39, 0.29) is 0 Å². The average molecular weight is 205 g/mol. The van der Waals surface area contributed by atoms with E-state index in [0.717, 1.165) is 31.4 Å². The molecular weight excluding hydrogens is 186 g/mol. The van der Waals surface area contributed by atoms with Gasteiger partial charge in [0.25, 0.3) is 0 Å². The van der Waals surface area contributed by atoms with Crippen molar-refractivity contribution in [2.75, 3.05) is 11.9 Å². The highest BCUT2D eigenvalue weighted by Crippen LogP contribution is 2.29. The third kappa shape index (κ3) is 2.72. The third-order valence-corrected chi connectivity index (χ3v) is 3.17. The van der Waals surface area contributed by atoms with Gasteiger partial charge in [-0.25, -0.2) is 0 Å². The number of nitrogens with one attached hydrogen (secondary N) is 1. The van der Waals surface area contributed by atoms with E-state index in [0.29, 0.717) is 6.54 Å². The molecule has 0 bridgehead atoms. The van der Waals surface area contributed by atoms with Crippen LogP contribution < -0.4 is 5.32 Å². The molecule has 0 atom stereocenters. The zero-order valence-electron chi connectivity index (χ0n) is 9.29. The maximum atomic E-state index is 10.2. The lowest BCUT2D eigenvalue weighted by Crippen LogP contribution is -2.33. The van der Waals surface area contributed by atoms with Gasteiger partial charge in [0, 0.05) is 12.2 Å². The number of rotatable bonds is 3. The fourth-order valence-electron chi connectivity index (χ4n) is 2.23. The van der Waals surface area contributed by atoms with Crippen LogP contribution in [-0.2, 0) is 0 Å². The van der Waals surface area contributed by atoms with Crippen molar-refractivity contribution in [3.05, 3.63) is 29.8 Å². The Kier molecular flexibility index (Phi) is 2.96. The Hall–Kier alpha value is -1.02. The highest BCUT2D eigenvalue weighted by atomic mass is 16.3. The highest BCUT2D eigenvalue weighted by molar-refractivity contribution is 5.45. The van der Waals surface area contributed by atoms with Gasteiger partial charge in [-0.3, -0.25) is 0 Å². The zero-order chi connectivity index (χ0) is 10.7. The Morgan fingerprint density at radius 1 is 1.33 bits per heavy atom. The van der Waals surface area contributed by atoms with Crippen molar-refractivity contribution in [1.82, 2.24) is 0 Å². The van der Waals surface area contributed by atoms with Crippen LogP contribution >= 0.6 is 0 Å². The van der Waals surface area contributed by atoms with Crippen LogP contribution in [0.25, 0.3) is 0 Å². The Bertz CT molecular complexity index is 329. The number of aryl methyl sites for hydroxylation is 1. The number of aliphatic hydroxyl groups is 1. The molecular formula is C13H19NO. The minimum absolute atomic E-state index is 0.469. The summed E-state index contributed by atoms with van der Waals surface area (Å²) in [6.07, 6.45) is 4.19. The molecule has 0 saturated heterocycles. The first-order chi connectivity index (χ1) is 7.18. The minimum atomic E-state index is -0.469. The van der Waals surface area contributed by atoms with E-state index in [4.69, 9.17) is 0 Å². The van der Waals surface area contributed by atoms with E-state index in [1.807, 2.05) is 12.1 Å². The van der Waals surface area contributed by atoms with E-state index >= 15 is 0 Å². The first kappa shape index (κ1) is 10.5. The Balaban J connectivity index is 1.92. The predicted octanol–water partition coefficient (Wildman–Crippen LogP) is 2.71. The fraction of sp³-hybridized carbons (Fsp3) is 0.538. The van der Waals surface area contributed by atoms with Gasteiger partial charge >= 0.3 is 0 Å². The van der Waals surface area contributed by atoms with E-state index in [1.165, 1.54) is 5.56 Å². The Morgan fingerprint density at radius 3 is 2.73 bits per heavy atom. The molecule has 0 unspecified atom stereocenters. The second kappa shape index (κ2) is 4.23. The average Bonchev–Trinajstić information content (AvgIpc) is 2.63. The summed E-state index contributed by atoms with van der Waals surface area (Å²) in [5.74, 6) is 0. The number of anilines is 1. The summed E-state index contributed by atoms with van der Waals surface area (Å²) in [5, 5.41) is 13.5. The molecule has 2 rings (SSSR count). The predicted molar refractivity (Wildman–Crippen MR) is 63.1 cm³/mol. The smallest absolute Gasteiger partial charge is 0.0819 e. The largest absolute Gasteiger partial charge is 0.388 e. The summed E-state index contributed by atoms with van der Waals surface area (Å²) in [6.45, 7) is 2.76. The summed E-state index contributed by atoms with van der Waals surface area (Å²) >= 11 is 0. The summed E-state index contributed by atoms with van der Waals surface area (Å²) < 4.78 is 0. The van der Waals surface area contributed by atoms with Gasteiger partial charge in [-0.15, -0.1) is 0 Å². The van der Waals surface area contributed by atoms with Crippen molar-refractivity contribution in [3.8, 4) is 0 Å². The monoisotopic (exact) mass is 205 g/mol. The third-order valence-electron chi connectivity index (χ3n) is 3.17. The van der Waals surface area contributed by atoms with Crippen molar-refractivity contribution < 1.29 is 5.11 Å². The van der Waals surface area contributed by atoms with Crippen LogP contribution in [-0.4, -0.2) is 17.3 Å². The lowest BCUT2D eigenvalue weighted by molar-refractivity contribution is 0.0615. The molecule has 0 aromatic heterocycles. The first-order valence-corrected chi connectivity index (χ1v) is 5.71. The van der Waals surface area contributed by atoms with Gasteiger partial charge in [0.05, 0.1) is 5.60 Å². The number of hydrogen-bond donors (Lipinski definition) is 2. The van der Waals surface area contributed by atoms with Crippen LogP contribution in [0.2, 0.25) is 0 Å². The van der Waals surface area contributed by atoms with E-state index in [2.05, 4.69) is 24.4 Å². The molecule has 0 aliphatic heterocycles. The van der Waals surface area contributed by atoms with Gasteiger partial charge in [-0.05, 0) is 37.5 Å². The van der Waals surface area contributed by atoms with Crippen LogP contribution in [0.5, 0.6) is 0 Å². The van der Waals surface area contributed by atoms with E-state index < -0.39 is 5.60 Å². The van der Waals surface area contributed by atoms with Crippen molar-refractivity contribution in [3.63, 3.8) is 0 Å². The maximum Gasteiger partial charge on any atom is 0.0819 e. The normalized spacial score (nSPS) is 19.1. The zero-order valence-corrected chi connectivity index (χ0v) is 9.29. The molecule has 2 heteroatoms. The summed E-state index contributed by atoms with van der Waals surface area (Å²) in [4.78, 5) is 0. The SMILES string of the molecule is Cc1cccc(NCC2(O)CCCC2)c1. The lowest BCUT2D eigenvalue weighted by atomic mass is 10.0. The molecule has 2 nitrogen and oxygen atoms in total. The van der Waals surface area contributed by atoms with E-state index in [9.17, 15) is 5.11 Å². The molecule has 0 spiro atoms. The molecule has 0 heterocycles. The summed E-state index contributed by atoms with van der Waals surface area (Å²) in [6, 6.07) is 8.27. The minimum Gasteiger partial charge on any atom is -0.388 e. The van der Waals surface area contributed by atoms with Gasteiger partial charge in [-0.1, -0.05) is 25.0 Å². The second-order valence-corrected chi connectivity index (χ2v) is 4.65. The van der Waals surface area contributed by atoms with Crippen LogP contribution in [0, 0.1) is 6.92 Å². The Labute approximate surface area is 91.3 Å². The quantitative estimate of drug-likeness (QED) is 0.795. The van der Waals surface area contributed by atoms with Crippen LogP contribution in [0.15, 0.2) is 24.3 Å². The van der Waals surface area contributed by atoms with Crippen LogP contribution in [0.4, 0.5) is 5.69 Å². The molecule has 0 radical (unpaired) electrons. The molecule has 1 aromatic rings. The van der Waals surface area contributed by atoms with Crippen molar-refractivity contribution >= 4 is 5.69 Å². The van der Waals surface area contributed by atoms with Gasteiger partial charge in [-0.2, -0.15) is 0 Å². The number of benzene rings is 1. The molecule has 2 N–H and O–H groups in total. The molecule has 82 valence electrons. The van der Waals surface area contributed by atoms with Crippen molar-refractivity contribution in [1.29, 1.82) is 0 Å². The molecule has 0 amide bonds. The highest BCUT2D eigenvalue weighted by Gasteiger charge is 2.30. The maximum absolute atomic E-state index is 10.2. The topological polar surface area (TPSA) is 32.3 Å². The van der Waals surface area contributed by atoms with Crippen molar-refractivity contribution in [2.24, 2.45) is 0 Å². The molecule has 1 aliphatic rings. The van der Waals surface area contributed by atoms with Gasteiger partial charge < -0.3 is 10.4 Å². The van der Waals surface area contributed by atoms with Gasteiger partial charge in [0.2, 0.25) is 0 Å². The molecule has 1 fully saturated rings. The first-order valence-electron chi connectivity index (χ1n) is 5.71. The Morgan fingerprint density at radius 2 is 2.07 bits per heavy atom. The van der Waals surface area contributed by atoms with Gasteiger partial charge in [0.15, 0.2) is 0 Å². The molecule has 15 heavy (non-hydrogen) atoms. The summed E-state index contributed by atoms with van der Waals surface area (Å²) in [5.41, 5.74) is 1.89. The second-order valence-electron chi connectivity index (χ2n) is 4.65. The van der Waals surface area contributed by atoms with Crippen LogP contribution in [0.1, 0.15) is 31.2 Å². The van der Waals surface area contributed by atoms with Crippen LogP contribution in [0.3, 0.4) is 0 Å². The summed E-state index contributed by atoms with van der Waals surface area (Å²) in [7, 11) is 0. The molecule has 1 saturated carbocycles. The molecule has 1 aliphatic carbocycles. The molecule has 1 aromatic carbocycles. The fourth-order valence-corrected chi connectivity index (χ4v) is 2.23. The lowest BCUT2D eigenvalue weighted by Gasteiger charge is -2.23. The van der Waals surface area contributed by atoms with Crippen molar-refractivity contribution in [2.45, 2.75) is 38.2 Å².